The van der Waals surface area contributed by atoms with Gasteiger partial charge in [0.05, 0.1) is 25.8 Å². The first-order chi connectivity index (χ1) is 13.1. The molecule has 7 nitrogen and oxygen atoms in total. The number of hydrogen-bond donors (Lipinski definition) is 1. The minimum Gasteiger partial charge on any atom is -0.493 e. The van der Waals surface area contributed by atoms with E-state index in [2.05, 4.69) is 5.32 Å². The van der Waals surface area contributed by atoms with Gasteiger partial charge in [-0.25, -0.2) is 4.79 Å². The molecule has 1 saturated carbocycles. The second kappa shape index (κ2) is 8.33. The van der Waals surface area contributed by atoms with Crippen molar-refractivity contribution in [1.82, 2.24) is 9.88 Å². The van der Waals surface area contributed by atoms with Crippen LogP contribution in [0.2, 0.25) is 0 Å². The van der Waals surface area contributed by atoms with E-state index in [9.17, 15) is 9.59 Å². The quantitative estimate of drug-likeness (QED) is 0.839. The summed E-state index contributed by atoms with van der Waals surface area (Å²) in [6, 6.07) is 3.28. The molecule has 0 aliphatic heterocycles. The Labute approximate surface area is 158 Å². The van der Waals surface area contributed by atoms with Crippen molar-refractivity contribution in [3.8, 4) is 17.2 Å². The summed E-state index contributed by atoms with van der Waals surface area (Å²) in [7, 11) is 3.03. The molecule has 7 heteroatoms. The standard InChI is InChI=1S/C20H26N2O5/c1-4-22-12-18(27-20(24)21-11-13-7-5-6-8-13)14-9-16(25-2)17(26-3)10-15(14)19(22)23/h9-10,12-13H,4-8,11H2,1-3H3,(H,21,24). The lowest BCUT2D eigenvalue weighted by atomic mass is 10.1. The van der Waals surface area contributed by atoms with Crippen LogP contribution in [0.5, 0.6) is 17.2 Å². The number of amides is 1. The largest absolute Gasteiger partial charge is 0.493 e. The van der Waals surface area contributed by atoms with E-state index in [1.54, 1.807) is 18.3 Å². The van der Waals surface area contributed by atoms with Crippen LogP contribution in [0.25, 0.3) is 10.8 Å². The molecule has 1 aromatic carbocycles. The molecule has 146 valence electrons. The number of pyridine rings is 1. The second-order valence-corrected chi connectivity index (χ2v) is 6.76. The summed E-state index contributed by atoms with van der Waals surface area (Å²) >= 11 is 0. The Bertz CT molecular complexity index is 884. The van der Waals surface area contributed by atoms with E-state index >= 15 is 0 Å². The van der Waals surface area contributed by atoms with E-state index in [-0.39, 0.29) is 5.56 Å². The predicted octanol–water partition coefficient (Wildman–Crippen LogP) is 3.32. The maximum atomic E-state index is 12.7. The molecule has 1 fully saturated rings. The summed E-state index contributed by atoms with van der Waals surface area (Å²) in [5.74, 6) is 1.75. The third-order valence-corrected chi connectivity index (χ3v) is 5.11. The maximum absolute atomic E-state index is 12.7. The average molecular weight is 374 g/mol. The van der Waals surface area contributed by atoms with E-state index in [1.807, 2.05) is 6.92 Å². The first-order valence-electron chi connectivity index (χ1n) is 9.32. The Kier molecular flexibility index (Phi) is 5.88. The number of nitrogens with zero attached hydrogens (tertiary/aromatic N) is 1. The minimum absolute atomic E-state index is 0.174. The van der Waals surface area contributed by atoms with Crippen LogP contribution in [0.3, 0.4) is 0 Å². The van der Waals surface area contributed by atoms with Crippen LogP contribution in [-0.2, 0) is 6.54 Å². The fraction of sp³-hybridized carbons (Fsp3) is 0.500. The lowest BCUT2D eigenvalue weighted by molar-refractivity contribution is 0.198. The number of rotatable bonds is 6. The van der Waals surface area contributed by atoms with Gasteiger partial charge in [-0.1, -0.05) is 12.8 Å². The van der Waals surface area contributed by atoms with Crippen LogP contribution in [-0.4, -0.2) is 31.4 Å². The van der Waals surface area contributed by atoms with Crippen LogP contribution < -0.4 is 25.1 Å². The molecule has 2 aromatic rings. The summed E-state index contributed by atoms with van der Waals surface area (Å²) in [5, 5.41) is 3.76. The van der Waals surface area contributed by atoms with Gasteiger partial charge in [0.25, 0.3) is 5.56 Å². The Morgan fingerprint density at radius 2 is 1.74 bits per heavy atom. The van der Waals surface area contributed by atoms with Crippen LogP contribution in [0.15, 0.2) is 23.1 Å². The number of nitrogens with one attached hydrogen (secondary N) is 1. The minimum atomic E-state index is -0.515. The molecule has 1 aliphatic carbocycles. The molecule has 0 saturated heterocycles. The van der Waals surface area contributed by atoms with Gasteiger partial charge in [0.1, 0.15) is 0 Å². The molecule has 0 spiro atoms. The maximum Gasteiger partial charge on any atom is 0.412 e. The number of fused-ring (bicyclic) bond motifs is 1. The molecule has 1 amide bonds. The first kappa shape index (κ1) is 19.1. The topological polar surface area (TPSA) is 78.8 Å². The van der Waals surface area contributed by atoms with Gasteiger partial charge in [-0.15, -0.1) is 0 Å². The fourth-order valence-electron chi connectivity index (χ4n) is 3.58. The van der Waals surface area contributed by atoms with Crippen LogP contribution in [0.1, 0.15) is 32.6 Å². The number of hydrogen-bond acceptors (Lipinski definition) is 5. The number of aromatic nitrogens is 1. The predicted molar refractivity (Wildman–Crippen MR) is 103 cm³/mol. The van der Waals surface area contributed by atoms with Gasteiger partial charge in [0.15, 0.2) is 17.2 Å². The van der Waals surface area contributed by atoms with E-state index in [0.29, 0.717) is 47.0 Å². The highest BCUT2D eigenvalue weighted by atomic mass is 16.6. The van der Waals surface area contributed by atoms with Gasteiger partial charge in [0, 0.05) is 18.5 Å². The highest BCUT2D eigenvalue weighted by Crippen LogP contribution is 2.35. The second-order valence-electron chi connectivity index (χ2n) is 6.76. The molecule has 27 heavy (non-hydrogen) atoms. The number of ether oxygens (including phenoxy) is 3. The normalized spacial score (nSPS) is 14.3. The molecule has 1 aliphatic rings. The van der Waals surface area contributed by atoms with E-state index in [4.69, 9.17) is 14.2 Å². The zero-order valence-electron chi connectivity index (χ0n) is 16.0. The number of carbonyl (C=O) groups is 1. The van der Waals surface area contributed by atoms with Crippen molar-refractivity contribution in [2.75, 3.05) is 20.8 Å². The number of aryl methyl sites for hydroxylation is 1. The van der Waals surface area contributed by atoms with Gasteiger partial charge in [-0.3, -0.25) is 4.79 Å². The Morgan fingerprint density at radius 3 is 2.33 bits per heavy atom. The molecule has 1 heterocycles. The van der Waals surface area contributed by atoms with E-state index in [1.165, 1.54) is 31.6 Å². The summed E-state index contributed by atoms with van der Waals surface area (Å²) in [6.07, 6.45) is 5.76. The average Bonchev–Trinajstić information content (AvgIpc) is 3.21. The molecule has 1 aromatic heterocycles. The summed E-state index contributed by atoms with van der Waals surface area (Å²) < 4.78 is 17.7. The van der Waals surface area contributed by atoms with Gasteiger partial charge >= 0.3 is 6.09 Å². The van der Waals surface area contributed by atoms with Gasteiger partial charge in [-0.2, -0.15) is 0 Å². The van der Waals surface area contributed by atoms with Crippen molar-refractivity contribution in [3.63, 3.8) is 0 Å². The SMILES string of the molecule is CCn1cc(OC(=O)NCC2CCCC2)c2cc(OC)c(OC)cc2c1=O. The van der Waals surface area contributed by atoms with Crippen molar-refractivity contribution >= 4 is 16.9 Å². The molecule has 0 unspecified atom stereocenters. The smallest absolute Gasteiger partial charge is 0.412 e. The summed E-state index contributed by atoms with van der Waals surface area (Å²) in [6.45, 7) is 2.93. The van der Waals surface area contributed by atoms with Gasteiger partial charge < -0.3 is 24.1 Å². The van der Waals surface area contributed by atoms with Gasteiger partial charge in [0.2, 0.25) is 0 Å². The highest BCUT2D eigenvalue weighted by molar-refractivity contribution is 5.92. The number of methoxy groups -OCH3 is 2. The number of benzene rings is 1. The molecular formula is C20H26N2O5. The van der Waals surface area contributed by atoms with Crippen molar-refractivity contribution in [2.24, 2.45) is 5.92 Å². The summed E-state index contributed by atoms with van der Waals surface area (Å²) in [4.78, 5) is 25.0. The zero-order chi connectivity index (χ0) is 19.4. The summed E-state index contributed by atoms with van der Waals surface area (Å²) in [5.41, 5.74) is -0.174. The van der Waals surface area contributed by atoms with Crippen molar-refractivity contribution < 1.29 is 19.0 Å². The third-order valence-electron chi connectivity index (χ3n) is 5.11. The van der Waals surface area contributed by atoms with E-state index in [0.717, 1.165) is 12.8 Å². The molecule has 1 N–H and O–H groups in total. The number of carbonyl (C=O) groups excluding carboxylic acids is 1. The molecule has 0 atom stereocenters. The third kappa shape index (κ3) is 4.02. The van der Waals surface area contributed by atoms with Crippen molar-refractivity contribution in [3.05, 3.63) is 28.7 Å². The van der Waals surface area contributed by atoms with Crippen molar-refractivity contribution in [1.29, 1.82) is 0 Å². The highest BCUT2D eigenvalue weighted by Gasteiger charge is 2.19. The Hall–Kier alpha value is -2.70. The Morgan fingerprint density at radius 1 is 1.11 bits per heavy atom. The monoisotopic (exact) mass is 374 g/mol. The van der Waals surface area contributed by atoms with Gasteiger partial charge in [-0.05, 0) is 37.8 Å². The lowest BCUT2D eigenvalue weighted by Crippen LogP contribution is -2.31. The molecule has 0 bridgehead atoms. The zero-order valence-corrected chi connectivity index (χ0v) is 16.0. The molecule has 0 radical (unpaired) electrons. The lowest BCUT2D eigenvalue weighted by Gasteiger charge is -2.15. The molecule has 3 rings (SSSR count). The fourth-order valence-corrected chi connectivity index (χ4v) is 3.58. The van der Waals surface area contributed by atoms with E-state index < -0.39 is 6.09 Å². The van der Waals surface area contributed by atoms with Crippen molar-refractivity contribution in [2.45, 2.75) is 39.2 Å². The van der Waals surface area contributed by atoms with Crippen LogP contribution in [0.4, 0.5) is 4.79 Å². The molecular weight excluding hydrogens is 348 g/mol. The Balaban J connectivity index is 1.93. The first-order valence-corrected chi connectivity index (χ1v) is 9.32. The van der Waals surface area contributed by atoms with Crippen LogP contribution >= 0.6 is 0 Å². The van der Waals surface area contributed by atoms with Crippen LogP contribution in [0, 0.1) is 5.92 Å².